The van der Waals surface area contributed by atoms with E-state index in [1.165, 1.54) is 0 Å². The Labute approximate surface area is 91.3 Å². The van der Waals surface area contributed by atoms with Gasteiger partial charge in [-0.25, -0.2) is 0 Å². The van der Waals surface area contributed by atoms with Gasteiger partial charge in [0, 0.05) is 6.54 Å². The molecule has 0 heterocycles. The van der Waals surface area contributed by atoms with E-state index in [-0.39, 0.29) is 11.7 Å². The van der Waals surface area contributed by atoms with Crippen LogP contribution < -0.4 is 5.32 Å². The molecule has 0 rings (SSSR count). The van der Waals surface area contributed by atoms with Gasteiger partial charge in [0.05, 0.1) is 11.7 Å². The van der Waals surface area contributed by atoms with Crippen molar-refractivity contribution in [2.45, 2.75) is 45.4 Å². The third-order valence-corrected chi connectivity index (χ3v) is 1.76. The molecule has 0 aromatic carbocycles. The molecule has 4 heteroatoms. The fourth-order valence-electron chi connectivity index (χ4n) is 1.29. The van der Waals surface area contributed by atoms with E-state index in [2.05, 4.69) is 11.9 Å². The van der Waals surface area contributed by atoms with Crippen LogP contribution in [0.3, 0.4) is 0 Å². The van der Waals surface area contributed by atoms with Crippen molar-refractivity contribution in [2.24, 2.45) is 0 Å². The Morgan fingerprint density at radius 1 is 1.60 bits per heavy atom. The zero-order valence-corrected chi connectivity index (χ0v) is 9.91. The largest absolute Gasteiger partial charge is 0.480 e. The summed E-state index contributed by atoms with van der Waals surface area (Å²) in [7, 11) is 0. The number of hydrogen-bond donors (Lipinski definition) is 2. The van der Waals surface area contributed by atoms with E-state index in [1.54, 1.807) is 13.0 Å². The number of ether oxygens (including phenoxy) is 1. The van der Waals surface area contributed by atoms with Gasteiger partial charge in [-0.15, -0.1) is 6.58 Å². The van der Waals surface area contributed by atoms with Crippen LogP contribution in [0.25, 0.3) is 0 Å². The van der Waals surface area contributed by atoms with E-state index in [4.69, 9.17) is 9.84 Å². The summed E-state index contributed by atoms with van der Waals surface area (Å²) in [6.45, 7) is 11.4. The fourth-order valence-corrected chi connectivity index (χ4v) is 1.29. The first kappa shape index (κ1) is 14.1. The third kappa shape index (κ3) is 6.25. The minimum absolute atomic E-state index is 0.344. The third-order valence-electron chi connectivity index (χ3n) is 1.76. The molecule has 0 saturated heterocycles. The van der Waals surface area contributed by atoms with Crippen molar-refractivity contribution in [1.82, 2.24) is 5.32 Å². The normalized spacial score (nSPS) is 15.7. The van der Waals surface area contributed by atoms with Crippen LogP contribution in [0, 0.1) is 0 Å². The Bertz CT molecular complexity index is 220. The number of rotatable bonds is 6. The minimum atomic E-state index is -0.909. The summed E-state index contributed by atoms with van der Waals surface area (Å²) < 4.78 is 5.58. The van der Waals surface area contributed by atoms with E-state index >= 15 is 0 Å². The van der Waals surface area contributed by atoms with Gasteiger partial charge in [-0.05, 0) is 27.7 Å². The summed E-state index contributed by atoms with van der Waals surface area (Å²) in [5, 5.41) is 11.8. The number of carbonyl (C=O) groups is 1. The molecular weight excluding hydrogens is 194 g/mol. The summed E-state index contributed by atoms with van der Waals surface area (Å²) in [5.74, 6) is -0.909. The van der Waals surface area contributed by atoms with Crippen LogP contribution >= 0.6 is 0 Å². The number of nitrogens with one attached hydrogen (secondary N) is 1. The first-order valence-electron chi connectivity index (χ1n) is 5.03. The van der Waals surface area contributed by atoms with Crippen LogP contribution in [0.1, 0.15) is 27.7 Å². The molecule has 15 heavy (non-hydrogen) atoms. The maximum Gasteiger partial charge on any atom is 0.323 e. The van der Waals surface area contributed by atoms with Gasteiger partial charge in [0.25, 0.3) is 0 Å². The Hall–Kier alpha value is -0.870. The highest BCUT2D eigenvalue weighted by Gasteiger charge is 2.27. The Morgan fingerprint density at radius 2 is 2.13 bits per heavy atom. The van der Waals surface area contributed by atoms with Crippen LogP contribution in [-0.2, 0) is 9.53 Å². The standard InChI is InChI=1S/C11H21NO3/c1-6-7-12-9(10(13)14)8(2)15-11(3,4)5/h6,8-9,12H,1,7H2,2-5H3,(H,13,14)/t8-,9+/m0/s1. The van der Waals surface area contributed by atoms with Crippen LogP contribution in [0.2, 0.25) is 0 Å². The molecule has 2 atom stereocenters. The zero-order valence-electron chi connectivity index (χ0n) is 9.91. The smallest absolute Gasteiger partial charge is 0.323 e. The van der Waals surface area contributed by atoms with Crippen molar-refractivity contribution in [3.8, 4) is 0 Å². The Kier molecular flexibility index (Phi) is 5.54. The van der Waals surface area contributed by atoms with Gasteiger partial charge in [-0.1, -0.05) is 6.08 Å². The second kappa shape index (κ2) is 5.88. The van der Waals surface area contributed by atoms with Gasteiger partial charge in [0.15, 0.2) is 0 Å². The Balaban J connectivity index is 4.35. The molecule has 0 radical (unpaired) electrons. The van der Waals surface area contributed by atoms with Gasteiger partial charge >= 0.3 is 5.97 Å². The summed E-state index contributed by atoms with van der Waals surface area (Å²) >= 11 is 0. The molecule has 0 aromatic heterocycles. The molecule has 0 bridgehead atoms. The van der Waals surface area contributed by atoms with Crippen LogP contribution in [0.5, 0.6) is 0 Å². The van der Waals surface area contributed by atoms with Gasteiger partial charge in [0.1, 0.15) is 6.04 Å². The molecule has 2 N–H and O–H groups in total. The molecule has 0 amide bonds. The van der Waals surface area contributed by atoms with Crippen LogP contribution in [0.15, 0.2) is 12.7 Å². The van der Waals surface area contributed by atoms with Crippen molar-refractivity contribution in [1.29, 1.82) is 0 Å². The highest BCUT2D eigenvalue weighted by Crippen LogP contribution is 2.13. The number of aliphatic carboxylic acids is 1. The van der Waals surface area contributed by atoms with E-state index < -0.39 is 12.0 Å². The second-order valence-electron chi connectivity index (χ2n) is 4.45. The molecule has 0 aliphatic heterocycles. The van der Waals surface area contributed by atoms with Crippen LogP contribution in [-0.4, -0.2) is 35.4 Å². The van der Waals surface area contributed by atoms with E-state index in [9.17, 15) is 4.79 Å². The zero-order chi connectivity index (χ0) is 12.1. The lowest BCUT2D eigenvalue weighted by atomic mass is 10.1. The topological polar surface area (TPSA) is 58.6 Å². The molecule has 4 nitrogen and oxygen atoms in total. The molecular formula is C11H21NO3. The molecule has 0 saturated carbocycles. The lowest BCUT2D eigenvalue weighted by Crippen LogP contribution is -2.48. The second-order valence-corrected chi connectivity index (χ2v) is 4.45. The van der Waals surface area contributed by atoms with E-state index in [0.717, 1.165) is 0 Å². The molecule has 0 spiro atoms. The quantitative estimate of drug-likeness (QED) is 0.658. The van der Waals surface area contributed by atoms with Crippen molar-refractivity contribution < 1.29 is 14.6 Å². The fraction of sp³-hybridized carbons (Fsp3) is 0.727. The maximum absolute atomic E-state index is 11.0. The number of hydrogen-bond acceptors (Lipinski definition) is 3. The van der Waals surface area contributed by atoms with E-state index in [1.807, 2.05) is 20.8 Å². The Morgan fingerprint density at radius 3 is 2.47 bits per heavy atom. The molecule has 0 aliphatic carbocycles. The first-order valence-corrected chi connectivity index (χ1v) is 5.03. The average Bonchev–Trinajstić information content (AvgIpc) is 2.00. The highest BCUT2D eigenvalue weighted by molar-refractivity contribution is 5.74. The molecule has 0 fully saturated rings. The predicted octanol–water partition coefficient (Wildman–Crippen LogP) is 1.42. The maximum atomic E-state index is 11.0. The number of carboxylic acids is 1. The van der Waals surface area contributed by atoms with Gasteiger partial charge < -0.3 is 9.84 Å². The van der Waals surface area contributed by atoms with Crippen molar-refractivity contribution in [3.05, 3.63) is 12.7 Å². The van der Waals surface area contributed by atoms with Crippen molar-refractivity contribution >= 4 is 5.97 Å². The molecule has 0 aromatic rings. The molecule has 0 aliphatic rings. The highest BCUT2D eigenvalue weighted by atomic mass is 16.5. The van der Waals surface area contributed by atoms with Crippen molar-refractivity contribution in [2.75, 3.05) is 6.54 Å². The van der Waals surface area contributed by atoms with Gasteiger partial charge in [-0.3, -0.25) is 10.1 Å². The van der Waals surface area contributed by atoms with Crippen LogP contribution in [0.4, 0.5) is 0 Å². The predicted molar refractivity (Wildman–Crippen MR) is 59.9 cm³/mol. The van der Waals surface area contributed by atoms with E-state index in [0.29, 0.717) is 6.54 Å². The summed E-state index contributed by atoms with van der Waals surface area (Å²) in [6, 6.07) is -0.706. The SMILES string of the molecule is C=CCN[C@@H](C(=O)O)[C@H](C)OC(C)(C)C. The average molecular weight is 215 g/mol. The summed E-state index contributed by atoms with van der Waals surface area (Å²) in [5.41, 5.74) is -0.344. The molecule has 0 unspecified atom stereocenters. The van der Waals surface area contributed by atoms with Gasteiger partial charge in [-0.2, -0.15) is 0 Å². The number of carboxylic acid groups (broad SMARTS) is 1. The summed E-state index contributed by atoms with van der Waals surface area (Å²) in [4.78, 5) is 11.0. The van der Waals surface area contributed by atoms with Gasteiger partial charge in [0.2, 0.25) is 0 Å². The lowest BCUT2D eigenvalue weighted by molar-refractivity contribution is -0.147. The monoisotopic (exact) mass is 215 g/mol. The molecule has 88 valence electrons. The first-order chi connectivity index (χ1) is 6.78. The minimum Gasteiger partial charge on any atom is -0.480 e. The lowest BCUT2D eigenvalue weighted by Gasteiger charge is -2.29. The summed E-state index contributed by atoms with van der Waals surface area (Å²) in [6.07, 6.45) is 1.24. The van der Waals surface area contributed by atoms with Crippen molar-refractivity contribution in [3.63, 3.8) is 0 Å².